The van der Waals surface area contributed by atoms with Gasteiger partial charge in [-0.15, -0.1) is 13.2 Å². The Bertz CT molecular complexity index is 951. The van der Waals surface area contributed by atoms with Gasteiger partial charge < -0.3 is 28.6 Å². The van der Waals surface area contributed by atoms with Crippen LogP contribution in [0.2, 0.25) is 0 Å². The lowest BCUT2D eigenvalue weighted by Crippen LogP contribution is -2.58. The molecule has 4 atom stereocenters. The molecule has 5 rings (SSSR count). The second kappa shape index (κ2) is 6.97. The summed E-state index contributed by atoms with van der Waals surface area (Å²) in [7, 11) is 0. The monoisotopic (exact) mass is 411 g/mol. The maximum atomic E-state index is 13.5. The van der Waals surface area contributed by atoms with Crippen LogP contribution in [-0.2, 0) is 14.2 Å². The summed E-state index contributed by atoms with van der Waals surface area (Å²) in [4.78, 5) is 15.3. The maximum Gasteiger partial charge on any atom is 0.255 e. The van der Waals surface area contributed by atoms with Crippen molar-refractivity contribution in [2.24, 2.45) is 0 Å². The summed E-state index contributed by atoms with van der Waals surface area (Å²) >= 11 is 0. The first-order valence-corrected chi connectivity index (χ1v) is 10.1. The lowest BCUT2D eigenvalue weighted by molar-refractivity contribution is -0.155. The molecule has 158 valence electrons. The molecule has 1 aromatic carbocycles. The van der Waals surface area contributed by atoms with E-state index in [9.17, 15) is 4.79 Å². The molecule has 7 nitrogen and oxygen atoms in total. The van der Waals surface area contributed by atoms with Crippen LogP contribution in [-0.4, -0.2) is 60.9 Å². The Morgan fingerprint density at radius 1 is 1.13 bits per heavy atom. The normalized spacial score (nSPS) is 30.3. The smallest absolute Gasteiger partial charge is 0.255 e. The van der Waals surface area contributed by atoms with Gasteiger partial charge >= 0.3 is 0 Å². The minimum absolute atomic E-state index is 0.0946. The SMILES string of the molecule is C=CCO[C@H]1C=C2c3cc4c(cc3C(=O)N(CC=C)[C@H]2[C@@H]2OC(C)(C)O[C@@H]21)OCO4. The Morgan fingerprint density at radius 3 is 2.53 bits per heavy atom. The van der Waals surface area contributed by atoms with Gasteiger partial charge in [-0.3, -0.25) is 4.79 Å². The molecule has 3 aliphatic heterocycles. The Labute approximate surface area is 175 Å². The number of fused-ring (bicyclic) bond motifs is 6. The van der Waals surface area contributed by atoms with Crippen LogP contribution in [0.3, 0.4) is 0 Å². The van der Waals surface area contributed by atoms with Gasteiger partial charge in [-0.05, 0) is 43.2 Å². The van der Waals surface area contributed by atoms with Crippen molar-refractivity contribution in [3.63, 3.8) is 0 Å². The molecule has 7 heteroatoms. The third kappa shape index (κ3) is 2.88. The van der Waals surface area contributed by atoms with Crippen LogP contribution in [0.1, 0.15) is 29.8 Å². The van der Waals surface area contributed by atoms with Gasteiger partial charge in [0.1, 0.15) is 18.3 Å². The first-order chi connectivity index (χ1) is 14.4. The van der Waals surface area contributed by atoms with E-state index in [2.05, 4.69) is 13.2 Å². The summed E-state index contributed by atoms with van der Waals surface area (Å²) in [6, 6.07) is 3.32. The van der Waals surface area contributed by atoms with Gasteiger partial charge in [0, 0.05) is 6.54 Å². The van der Waals surface area contributed by atoms with Gasteiger partial charge in [0.05, 0.1) is 18.2 Å². The van der Waals surface area contributed by atoms with Crippen molar-refractivity contribution in [1.29, 1.82) is 0 Å². The molecule has 0 unspecified atom stereocenters. The Morgan fingerprint density at radius 2 is 1.83 bits per heavy atom. The molecule has 0 spiro atoms. The number of rotatable bonds is 5. The molecule has 3 heterocycles. The van der Waals surface area contributed by atoms with E-state index in [1.807, 2.05) is 26.0 Å². The average Bonchev–Trinajstić information content (AvgIpc) is 3.30. The highest BCUT2D eigenvalue weighted by molar-refractivity contribution is 6.05. The van der Waals surface area contributed by atoms with Crippen molar-refractivity contribution < 1.29 is 28.5 Å². The fourth-order valence-corrected chi connectivity index (χ4v) is 4.75. The van der Waals surface area contributed by atoms with E-state index in [0.29, 0.717) is 30.2 Å². The van der Waals surface area contributed by atoms with Crippen LogP contribution in [0.15, 0.2) is 43.5 Å². The topological polar surface area (TPSA) is 66.5 Å². The number of carbonyl (C=O) groups excluding carboxylic acids is 1. The average molecular weight is 411 g/mol. The van der Waals surface area contributed by atoms with Gasteiger partial charge in [-0.25, -0.2) is 0 Å². The van der Waals surface area contributed by atoms with Gasteiger partial charge in [-0.2, -0.15) is 0 Å². The lowest BCUT2D eigenvalue weighted by atomic mass is 9.78. The summed E-state index contributed by atoms with van der Waals surface area (Å²) in [5, 5.41) is 0. The third-order valence-electron chi connectivity index (χ3n) is 5.84. The van der Waals surface area contributed by atoms with E-state index in [0.717, 1.165) is 11.1 Å². The van der Waals surface area contributed by atoms with Crippen LogP contribution in [0, 0.1) is 0 Å². The number of hydrogen-bond acceptors (Lipinski definition) is 6. The minimum Gasteiger partial charge on any atom is -0.454 e. The highest BCUT2D eigenvalue weighted by atomic mass is 16.8. The molecule has 0 N–H and O–H groups in total. The number of carbonyl (C=O) groups is 1. The van der Waals surface area contributed by atoms with Crippen molar-refractivity contribution in [2.75, 3.05) is 19.9 Å². The highest BCUT2D eigenvalue weighted by Gasteiger charge is 2.56. The standard InChI is InChI=1S/C23H25NO6/c1-5-7-24-19-14(13-9-16-17(28-12-27-16)11-15(13)22(24)25)10-18(26-8-6-2)20-21(19)30-23(3,4)29-20/h5-6,9-11,18-21H,1-2,7-8,12H2,3-4H3/t18-,19+,20+,21-/m0/s1. The van der Waals surface area contributed by atoms with Crippen LogP contribution in [0.25, 0.3) is 5.57 Å². The zero-order chi connectivity index (χ0) is 21.0. The summed E-state index contributed by atoms with van der Waals surface area (Å²) in [6.07, 6.45) is 4.42. The van der Waals surface area contributed by atoms with Gasteiger partial charge in [0.2, 0.25) is 6.79 Å². The van der Waals surface area contributed by atoms with Gasteiger partial charge in [-0.1, -0.05) is 12.2 Å². The van der Waals surface area contributed by atoms with Crippen molar-refractivity contribution in [1.82, 2.24) is 4.90 Å². The summed E-state index contributed by atoms with van der Waals surface area (Å²) in [5.41, 5.74) is 2.34. The van der Waals surface area contributed by atoms with E-state index in [1.165, 1.54) is 0 Å². The molecule has 0 bridgehead atoms. The minimum atomic E-state index is -0.785. The van der Waals surface area contributed by atoms with Crippen molar-refractivity contribution in [3.05, 3.63) is 54.6 Å². The second-order valence-electron chi connectivity index (χ2n) is 8.22. The lowest BCUT2D eigenvalue weighted by Gasteiger charge is -2.45. The second-order valence-corrected chi connectivity index (χ2v) is 8.22. The Hall–Kier alpha value is -2.61. The molecule has 1 amide bonds. The number of nitrogens with zero attached hydrogens (tertiary/aromatic N) is 1. The highest BCUT2D eigenvalue weighted by Crippen LogP contribution is 2.48. The Kier molecular flexibility index (Phi) is 4.50. The fraction of sp³-hybridized carbons (Fsp3) is 0.435. The number of hydrogen-bond donors (Lipinski definition) is 0. The first kappa shape index (κ1) is 19.4. The summed E-state index contributed by atoms with van der Waals surface area (Å²) < 4.78 is 29.6. The van der Waals surface area contributed by atoms with Crippen molar-refractivity contribution >= 4 is 11.5 Å². The molecule has 30 heavy (non-hydrogen) atoms. The molecule has 1 aliphatic carbocycles. The van der Waals surface area contributed by atoms with Crippen LogP contribution >= 0.6 is 0 Å². The third-order valence-corrected chi connectivity index (χ3v) is 5.84. The van der Waals surface area contributed by atoms with Crippen LogP contribution in [0.4, 0.5) is 0 Å². The molecule has 1 fully saturated rings. The fourth-order valence-electron chi connectivity index (χ4n) is 4.75. The first-order valence-electron chi connectivity index (χ1n) is 10.1. The summed E-state index contributed by atoms with van der Waals surface area (Å²) in [6.45, 7) is 12.3. The zero-order valence-corrected chi connectivity index (χ0v) is 17.1. The summed E-state index contributed by atoms with van der Waals surface area (Å²) in [5.74, 6) is 0.331. The van der Waals surface area contributed by atoms with Crippen molar-refractivity contribution in [3.8, 4) is 11.5 Å². The zero-order valence-electron chi connectivity index (χ0n) is 17.1. The maximum absolute atomic E-state index is 13.5. The van der Waals surface area contributed by atoms with Crippen molar-refractivity contribution in [2.45, 2.75) is 44.0 Å². The van der Waals surface area contributed by atoms with E-state index in [4.69, 9.17) is 23.7 Å². The molecule has 1 saturated heterocycles. The van der Waals surface area contributed by atoms with Crippen LogP contribution in [0.5, 0.6) is 11.5 Å². The number of amides is 1. The molecule has 0 saturated carbocycles. The number of ether oxygens (including phenoxy) is 5. The van der Waals surface area contributed by atoms with E-state index in [1.54, 1.807) is 23.1 Å². The number of benzene rings is 1. The molecule has 0 aromatic heterocycles. The van der Waals surface area contributed by atoms with E-state index in [-0.39, 0.29) is 37.1 Å². The predicted octanol–water partition coefficient (Wildman–Crippen LogP) is 2.91. The Balaban J connectivity index is 1.68. The van der Waals surface area contributed by atoms with Gasteiger partial charge in [0.15, 0.2) is 17.3 Å². The van der Waals surface area contributed by atoms with E-state index < -0.39 is 5.79 Å². The quantitative estimate of drug-likeness (QED) is 0.694. The largest absolute Gasteiger partial charge is 0.454 e. The molecular weight excluding hydrogens is 386 g/mol. The molecule has 0 radical (unpaired) electrons. The van der Waals surface area contributed by atoms with Crippen LogP contribution < -0.4 is 9.47 Å². The van der Waals surface area contributed by atoms with Gasteiger partial charge in [0.25, 0.3) is 5.91 Å². The van der Waals surface area contributed by atoms with E-state index >= 15 is 0 Å². The molecule has 4 aliphatic rings. The predicted molar refractivity (Wildman–Crippen MR) is 109 cm³/mol. The molecular formula is C23H25NO6. The molecule has 1 aromatic rings.